The highest BCUT2D eigenvalue weighted by Crippen LogP contribution is 2.35. The van der Waals surface area contributed by atoms with E-state index in [1.165, 1.54) is 25.3 Å². The fourth-order valence-electron chi connectivity index (χ4n) is 1.66. The number of hydrogen-bond donors (Lipinski definition) is 1. The van der Waals surface area contributed by atoms with Crippen molar-refractivity contribution in [3.63, 3.8) is 0 Å². The van der Waals surface area contributed by atoms with Gasteiger partial charge >= 0.3 is 12.1 Å². The van der Waals surface area contributed by atoms with Crippen molar-refractivity contribution in [2.75, 3.05) is 12.4 Å². The number of rotatable bonds is 5. The third kappa shape index (κ3) is 4.46. The zero-order valence-corrected chi connectivity index (χ0v) is 10.8. The maximum Gasteiger partial charge on any atom is 0.418 e. The first-order chi connectivity index (χ1) is 8.88. The van der Waals surface area contributed by atoms with Crippen molar-refractivity contribution in [2.24, 2.45) is 0 Å². The number of ether oxygens (including phenoxy) is 1. The molecular weight excluding hydrogens is 259 g/mol. The molecule has 0 aliphatic carbocycles. The van der Waals surface area contributed by atoms with Crippen LogP contribution in [0.5, 0.6) is 0 Å². The molecule has 0 aromatic heterocycles. The summed E-state index contributed by atoms with van der Waals surface area (Å²) in [6, 6.07) is 4.81. The van der Waals surface area contributed by atoms with Gasteiger partial charge in [-0.25, -0.2) is 0 Å². The average Bonchev–Trinajstić information content (AvgIpc) is 2.37. The number of benzene rings is 1. The highest BCUT2D eigenvalue weighted by atomic mass is 19.4. The van der Waals surface area contributed by atoms with E-state index in [9.17, 15) is 18.0 Å². The lowest BCUT2D eigenvalue weighted by Crippen LogP contribution is -2.24. The molecule has 1 aromatic rings. The maximum absolute atomic E-state index is 12.8. The minimum Gasteiger partial charge on any atom is -0.469 e. The van der Waals surface area contributed by atoms with Gasteiger partial charge in [0.1, 0.15) is 0 Å². The molecule has 0 fully saturated rings. The second-order valence-corrected chi connectivity index (χ2v) is 4.07. The molecule has 0 heterocycles. The molecule has 19 heavy (non-hydrogen) atoms. The lowest BCUT2D eigenvalue weighted by Gasteiger charge is -2.20. The number of alkyl halides is 3. The molecule has 1 aromatic carbocycles. The van der Waals surface area contributed by atoms with Gasteiger partial charge in [0.05, 0.1) is 19.1 Å². The molecule has 1 rings (SSSR count). The van der Waals surface area contributed by atoms with Gasteiger partial charge in [-0.1, -0.05) is 19.1 Å². The summed E-state index contributed by atoms with van der Waals surface area (Å²) in [6.07, 6.45) is -3.88. The van der Waals surface area contributed by atoms with Gasteiger partial charge in [-0.2, -0.15) is 13.2 Å². The molecule has 6 heteroatoms. The van der Waals surface area contributed by atoms with Crippen molar-refractivity contribution in [3.8, 4) is 0 Å². The molecule has 106 valence electrons. The molecule has 0 aliphatic heterocycles. The van der Waals surface area contributed by atoms with Crippen LogP contribution in [-0.4, -0.2) is 19.1 Å². The number of hydrogen-bond acceptors (Lipinski definition) is 3. The quantitative estimate of drug-likeness (QED) is 0.836. The van der Waals surface area contributed by atoms with Crippen LogP contribution in [-0.2, 0) is 15.7 Å². The molecule has 0 bridgehead atoms. The third-order valence-electron chi connectivity index (χ3n) is 2.73. The summed E-state index contributed by atoms with van der Waals surface area (Å²) in [7, 11) is 1.25. The Morgan fingerprint density at radius 2 is 2.00 bits per heavy atom. The van der Waals surface area contributed by atoms with E-state index in [2.05, 4.69) is 10.1 Å². The van der Waals surface area contributed by atoms with E-state index in [-0.39, 0.29) is 12.1 Å². The van der Waals surface area contributed by atoms with E-state index >= 15 is 0 Å². The number of para-hydroxylation sites is 1. The monoisotopic (exact) mass is 275 g/mol. The number of methoxy groups -OCH3 is 1. The summed E-state index contributed by atoms with van der Waals surface area (Å²) in [5.41, 5.74) is -0.760. The summed E-state index contributed by atoms with van der Waals surface area (Å²) < 4.78 is 42.9. The fraction of sp³-hybridized carbons (Fsp3) is 0.462. The van der Waals surface area contributed by atoms with Crippen LogP contribution in [0.4, 0.5) is 18.9 Å². The topological polar surface area (TPSA) is 38.3 Å². The van der Waals surface area contributed by atoms with Gasteiger partial charge in [-0.3, -0.25) is 4.79 Å². The van der Waals surface area contributed by atoms with Crippen LogP contribution in [0.2, 0.25) is 0 Å². The Morgan fingerprint density at radius 3 is 2.53 bits per heavy atom. The van der Waals surface area contributed by atoms with Crippen molar-refractivity contribution < 1.29 is 22.7 Å². The van der Waals surface area contributed by atoms with E-state index in [4.69, 9.17) is 0 Å². The van der Waals surface area contributed by atoms with Gasteiger partial charge in [0.25, 0.3) is 0 Å². The lowest BCUT2D eigenvalue weighted by molar-refractivity contribution is -0.140. The van der Waals surface area contributed by atoms with E-state index in [1.54, 1.807) is 6.92 Å². The number of esters is 1. The molecule has 0 aliphatic rings. The Morgan fingerprint density at radius 1 is 1.37 bits per heavy atom. The number of anilines is 1. The zero-order valence-electron chi connectivity index (χ0n) is 10.8. The molecular formula is C13H16F3NO2. The van der Waals surface area contributed by atoms with E-state index < -0.39 is 23.8 Å². The molecule has 3 nitrogen and oxygen atoms in total. The second-order valence-electron chi connectivity index (χ2n) is 4.07. The first kappa shape index (κ1) is 15.3. The van der Waals surface area contributed by atoms with E-state index in [0.29, 0.717) is 6.42 Å². The molecule has 0 saturated carbocycles. The van der Waals surface area contributed by atoms with Gasteiger partial charge in [0.15, 0.2) is 0 Å². The summed E-state index contributed by atoms with van der Waals surface area (Å²) in [6.45, 7) is 1.79. The predicted molar refractivity (Wildman–Crippen MR) is 65.8 cm³/mol. The van der Waals surface area contributed by atoms with Crippen LogP contribution >= 0.6 is 0 Å². The fourth-order valence-corrected chi connectivity index (χ4v) is 1.66. The summed E-state index contributed by atoms with van der Waals surface area (Å²) in [4.78, 5) is 11.2. The Bertz CT molecular complexity index is 432. The number of carbonyl (C=O) groups excluding carboxylic acids is 1. The predicted octanol–water partition coefficient (Wildman–Crippen LogP) is 3.46. The zero-order chi connectivity index (χ0) is 14.5. The van der Waals surface area contributed by atoms with Gasteiger partial charge < -0.3 is 10.1 Å². The van der Waals surface area contributed by atoms with Crippen molar-refractivity contribution >= 4 is 11.7 Å². The third-order valence-corrected chi connectivity index (χ3v) is 2.73. The highest BCUT2D eigenvalue weighted by molar-refractivity contribution is 5.70. The molecule has 1 N–H and O–H groups in total. The van der Waals surface area contributed by atoms with Gasteiger partial charge in [-0.15, -0.1) is 0 Å². The van der Waals surface area contributed by atoms with Crippen LogP contribution < -0.4 is 5.32 Å². The van der Waals surface area contributed by atoms with Gasteiger partial charge in [0.2, 0.25) is 0 Å². The van der Waals surface area contributed by atoms with Crippen molar-refractivity contribution in [2.45, 2.75) is 32.0 Å². The Kier molecular flexibility index (Phi) is 5.20. The minimum absolute atomic E-state index is 0.0225. The van der Waals surface area contributed by atoms with E-state index in [1.807, 2.05) is 0 Å². The normalized spacial score (nSPS) is 12.9. The number of halogens is 3. The Labute approximate surface area is 109 Å². The van der Waals surface area contributed by atoms with Crippen molar-refractivity contribution in [3.05, 3.63) is 29.8 Å². The first-order valence-electron chi connectivity index (χ1n) is 5.88. The molecule has 0 spiro atoms. The summed E-state index contributed by atoms with van der Waals surface area (Å²) >= 11 is 0. The average molecular weight is 275 g/mol. The smallest absolute Gasteiger partial charge is 0.418 e. The van der Waals surface area contributed by atoms with Gasteiger partial charge in [0, 0.05) is 11.7 Å². The first-order valence-corrected chi connectivity index (χ1v) is 5.88. The summed E-state index contributed by atoms with van der Waals surface area (Å²) in [5.74, 6) is -0.455. The van der Waals surface area contributed by atoms with Crippen LogP contribution in [0.3, 0.4) is 0 Å². The second kappa shape index (κ2) is 6.45. The number of nitrogens with one attached hydrogen (secondary N) is 1. The van der Waals surface area contributed by atoms with Crippen LogP contribution in [0.25, 0.3) is 0 Å². The molecule has 0 radical (unpaired) electrons. The molecule has 1 atom stereocenters. The lowest BCUT2D eigenvalue weighted by atomic mass is 10.1. The molecule has 0 saturated heterocycles. The van der Waals surface area contributed by atoms with Crippen LogP contribution in [0.15, 0.2) is 24.3 Å². The van der Waals surface area contributed by atoms with Crippen LogP contribution in [0, 0.1) is 0 Å². The maximum atomic E-state index is 12.8. The van der Waals surface area contributed by atoms with Crippen molar-refractivity contribution in [1.29, 1.82) is 0 Å². The standard InChI is InChI=1S/C13H16F3NO2/c1-3-9(8-12(18)19-2)17-11-7-5-4-6-10(11)13(14,15)16/h4-7,9,17H,3,8H2,1-2H3. The minimum atomic E-state index is -4.42. The Hall–Kier alpha value is -1.72. The molecule has 0 amide bonds. The van der Waals surface area contributed by atoms with Crippen LogP contribution in [0.1, 0.15) is 25.3 Å². The van der Waals surface area contributed by atoms with Gasteiger partial charge in [-0.05, 0) is 18.6 Å². The van der Waals surface area contributed by atoms with E-state index in [0.717, 1.165) is 6.07 Å². The SMILES string of the molecule is CCC(CC(=O)OC)Nc1ccccc1C(F)(F)F. The largest absolute Gasteiger partial charge is 0.469 e. The summed E-state index contributed by atoms with van der Waals surface area (Å²) in [5, 5.41) is 2.75. The number of carbonyl (C=O) groups is 1. The Balaban J connectivity index is 2.88. The highest BCUT2D eigenvalue weighted by Gasteiger charge is 2.33. The van der Waals surface area contributed by atoms with Crippen molar-refractivity contribution in [1.82, 2.24) is 0 Å². The molecule has 1 unspecified atom stereocenters.